The van der Waals surface area contributed by atoms with Gasteiger partial charge in [-0.25, -0.2) is 14.8 Å². The van der Waals surface area contributed by atoms with Gasteiger partial charge in [-0.2, -0.15) is 0 Å². The van der Waals surface area contributed by atoms with Gasteiger partial charge in [-0.05, 0) is 51.0 Å². The summed E-state index contributed by atoms with van der Waals surface area (Å²) in [6, 6.07) is 1.84. The van der Waals surface area contributed by atoms with E-state index in [0.717, 1.165) is 51.3 Å². The lowest BCUT2D eigenvalue weighted by Crippen LogP contribution is -2.48. The van der Waals surface area contributed by atoms with Crippen LogP contribution in [0.4, 0.5) is 10.7 Å². The first-order chi connectivity index (χ1) is 12.1. The SMILES string of the molecule is CC(C)OC(=O)NCC1CCC2(CCN(c3ncccn3)CC2)CO1. The molecule has 3 rings (SSSR count). The number of nitrogens with zero attached hydrogens (tertiary/aromatic N) is 3. The van der Waals surface area contributed by atoms with E-state index in [1.807, 2.05) is 19.9 Å². The van der Waals surface area contributed by atoms with Crippen LogP contribution in [0.15, 0.2) is 18.5 Å². The second kappa shape index (κ2) is 7.99. The van der Waals surface area contributed by atoms with Crippen LogP contribution in [0.2, 0.25) is 0 Å². The highest BCUT2D eigenvalue weighted by Crippen LogP contribution is 2.40. The van der Waals surface area contributed by atoms with Crippen LogP contribution in [0.5, 0.6) is 0 Å². The van der Waals surface area contributed by atoms with Crippen LogP contribution in [0.3, 0.4) is 0 Å². The first-order valence-corrected chi connectivity index (χ1v) is 9.14. The van der Waals surface area contributed by atoms with E-state index in [9.17, 15) is 4.79 Å². The van der Waals surface area contributed by atoms with Gasteiger partial charge in [0, 0.05) is 32.0 Å². The molecule has 1 aromatic rings. The summed E-state index contributed by atoms with van der Waals surface area (Å²) in [5.41, 5.74) is 0.264. The number of rotatable bonds is 4. The summed E-state index contributed by atoms with van der Waals surface area (Å²) < 4.78 is 11.1. The highest BCUT2D eigenvalue weighted by atomic mass is 16.6. The van der Waals surface area contributed by atoms with Gasteiger partial charge in [0.25, 0.3) is 0 Å². The zero-order valence-corrected chi connectivity index (χ0v) is 15.1. The standard InChI is InChI=1S/C18H28N4O3/c1-14(2)25-17(23)21-12-15-4-5-18(13-24-15)6-10-22(11-7-18)16-19-8-3-9-20-16/h3,8-9,14-15H,4-7,10-13H2,1-2H3,(H,21,23). The molecule has 1 spiro atoms. The maximum absolute atomic E-state index is 11.6. The average Bonchev–Trinajstić information content (AvgIpc) is 2.62. The summed E-state index contributed by atoms with van der Waals surface area (Å²) in [6.07, 6.45) is 7.51. The van der Waals surface area contributed by atoms with Crippen molar-refractivity contribution in [3.63, 3.8) is 0 Å². The molecule has 1 atom stereocenters. The highest BCUT2D eigenvalue weighted by molar-refractivity contribution is 5.67. The van der Waals surface area contributed by atoms with Crippen molar-refractivity contribution in [3.8, 4) is 0 Å². The maximum atomic E-state index is 11.6. The van der Waals surface area contributed by atoms with Crippen molar-refractivity contribution in [2.75, 3.05) is 31.1 Å². The smallest absolute Gasteiger partial charge is 0.407 e. The molecule has 7 nitrogen and oxygen atoms in total. The fourth-order valence-electron chi connectivity index (χ4n) is 3.56. The number of piperidine rings is 1. The molecular formula is C18H28N4O3. The number of ether oxygens (including phenoxy) is 2. The number of anilines is 1. The largest absolute Gasteiger partial charge is 0.447 e. The zero-order chi connectivity index (χ0) is 17.7. The molecule has 0 aliphatic carbocycles. The molecule has 25 heavy (non-hydrogen) atoms. The van der Waals surface area contributed by atoms with Crippen molar-refractivity contribution in [2.24, 2.45) is 5.41 Å². The van der Waals surface area contributed by atoms with E-state index in [0.29, 0.717) is 6.54 Å². The molecule has 1 unspecified atom stereocenters. The van der Waals surface area contributed by atoms with E-state index in [-0.39, 0.29) is 23.7 Å². The molecule has 0 bridgehead atoms. The average molecular weight is 348 g/mol. The van der Waals surface area contributed by atoms with Gasteiger partial charge in [-0.3, -0.25) is 0 Å². The molecule has 2 aliphatic rings. The van der Waals surface area contributed by atoms with Crippen LogP contribution >= 0.6 is 0 Å². The van der Waals surface area contributed by atoms with Crippen LogP contribution in [-0.4, -0.2) is 54.5 Å². The van der Waals surface area contributed by atoms with Crippen LogP contribution in [0.1, 0.15) is 39.5 Å². The molecule has 1 amide bonds. The van der Waals surface area contributed by atoms with Crippen molar-refractivity contribution in [3.05, 3.63) is 18.5 Å². The van der Waals surface area contributed by atoms with E-state index >= 15 is 0 Å². The van der Waals surface area contributed by atoms with Crippen LogP contribution < -0.4 is 10.2 Å². The number of hydrogen-bond donors (Lipinski definition) is 1. The first-order valence-electron chi connectivity index (χ1n) is 9.14. The molecule has 1 aromatic heterocycles. The van der Waals surface area contributed by atoms with E-state index < -0.39 is 0 Å². The van der Waals surface area contributed by atoms with Gasteiger partial charge >= 0.3 is 6.09 Å². The quantitative estimate of drug-likeness (QED) is 0.900. The monoisotopic (exact) mass is 348 g/mol. The zero-order valence-electron chi connectivity index (χ0n) is 15.1. The second-order valence-electron chi connectivity index (χ2n) is 7.34. The van der Waals surface area contributed by atoms with Crippen molar-refractivity contribution in [1.82, 2.24) is 15.3 Å². The summed E-state index contributed by atoms with van der Waals surface area (Å²) in [4.78, 5) is 22.5. The number of nitrogens with one attached hydrogen (secondary N) is 1. The predicted octanol–water partition coefficient (Wildman–Crippen LogP) is 2.38. The molecule has 1 N–H and O–H groups in total. The minimum atomic E-state index is -0.366. The number of alkyl carbamates (subject to hydrolysis) is 1. The number of amides is 1. The summed E-state index contributed by atoms with van der Waals surface area (Å²) in [5.74, 6) is 0.819. The van der Waals surface area contributed by atoms with E-state index in [2.05, 4.69) is 20.2 Å². The lowest BCUT2D eigenvalue weighted by atomic mass is 9.73. The topological polar surface area (TPSA) is 76.6 Å². The van der Waals surface area contributed by atoms with Crippen molar-refractivity contribution in [1.29, 1.82) is 0 Å². The Morgan fingerprint density at radius 2 is 2.08 bits per heavy atom. The van der Waals surface area contributed by atoms with Gasteiger partial charge in [0.15, 0.2) is 0 Å². The Morgan fingerprint density at radius 1 is 1.36 bits per heavy atom. The van der Waals surface area contributed by atoms with Gasteiger partial charge < -0.3 is 19.7 Å². The lowest BCUT2D eigenvalue weighted by molar-refractivity contribution is -0.0705. The van der Waals surface area contributed by atoms with Gasteiger partial charge in [0.05, 0.1) is 18.8 Å². The lowest BCUT2D eigenvalue weighted by Gasteiger charge is -2.45. The summed E-state index contributed by atoms with van der Waals surface area (Å²) in [5, 5.41) is 2.79. The third kappa shape index (κ3) is 4.81. The Morgan fingerprint density at radius 3 is 2.68 bits per heavy atom. The van der Waals surface area contributed by atoms with Gasteiger partial charge in [0.1, 0.15) is 0 Å². The molecule has 138 valence electrons. The molecule has 2 aliphatic heterocycles. The number of hydrogen-bond acceptors (Lipinski definition) is 6. The molecule has 2 saturated heterocycles. The van der Waals surface area contributed by atoms with Crippen LogP contribution in [0, 0.1) is 5.41 Å². The summed E-state index contributed by atoms with van der Waals surface area (Å²) >= 11 is 0. The Labute approximate surface area is 149 Å². The summed E-state index contributed by atoms with van der Waals surface area (Å²) in [6.45, 7) is 6.91. The molecular weight excluding hydrogens is 320 g/mol. The fraction of sp³-hybridized carbons (Fsp3) is 0.722. The molecule has 2 fully saturated rings. The Bertz CT molecular complexity index is 549. The minimum absolute atomic E-state index is 0.0841. The highest BCUT2D eigenvalue weighted by Gasteiger charge is 2.39. The molecule has 0 saturated carbocycles. The number of aromatic nitrogens is 2. The van der Waals surface area contributed by atoms with Crippen molar-refractivity contribution >= 4 is 12.0 Å². The maximum Gasteiger partial charge on any atom is 0.407 e. The second-order valence-corrected chi connectivity index (χ2v) is 7.34. The Balaban J connectivity index is 1.41. The first kappa shape index (κ1) is 17.9. The van der Waals surface area contributed by atoms with Gasteiger partial charge in [-0.15, -0.1) is 0 Å². The van der Waals surface area contributed by atoms with E-state index in [1.165, 1.54) is 0 Å². The Kier molecular flexibility index (Phi) is 5.73. The fourth-order valence-corrected chi connectivity index (χ4v) is 3.56. The number of carbonyl (C=O) groups is 1. The van der Waals surface area contributed by atoms with Gasteiger partial charge in [0.2, 0.25) is 5.95 Å². The van der Waals surface area contributed by atoms with Gasteiger partial charge in [-0.1, -0.05) is 0 Å². The van der Waals surface area contributed by atoms with Crippen LogP contribution in [0.25, 0.3) is 0 Å². The third-order valence-corrected chi connectivity index (χ3v) is 5.10. The van der Waals surface area contributed by atoms with E-state index in [4.69, 9.17) is 9.47 Å². The molecule has 0 aromatic carbocycles. The van der Waals surface area contributed by atoms with Crippen molar-refractivity contribution in [2.45, 2.75) is 51.7 Å². The minimum Gasteiger partial charge on any atom is -0.447 e. The van der Waals surface area contributed by atoms with E-state index in [1.54, 1.807) is 12.4 Å². The molecule has 0 radical (unpaired) electrons. The molecule has 3 heterocycles. The third-order valence-electron chi connectivity index (χ3n) is 5.10. The predicted molar refractivity (Wildman–Crippen MR) is 94.5 cm³/mol. The normalized spacial score (nSPS) is 22.8. The number of carbonyl (C=O) groups excluding carboxylic acids is 1. The van der Waals surface area contributed by atoms with Crippen molar-refractivity contribution < 1.29 is 14.3 Å². The summed E-state index contributed by atoms with van der Waals surface area (Å²) in [7, 11) is 0. The molecule has 7 heteroatoms. The van der Waals surface area contributed by atoms with Crippen LogP contribution in [-0.2, 0) is 9.47 Å². The Hall–Kier alpha value is -1.89.